The quantitative estimate of drug-likeness (QED) is 0.671. The Hall–Kier alpha value is -0.330. The van der Waals surface area contributed by atoms with Crippen molar-refractivity contribution in [2.75, 3.05) is 0 Å². The molecule has 0 bridgehead atoms. The smallest absolute Gasteiger partial charge is 0.136 e. The molecule has 0 N–H and O–H groups in total. The van der Waals surface area contributed by atoms with E-state index in [0.717, 1.165) is 31.1 Å². The summed E-state index contributed by atoms with van der Waals surface area (Å²) in [5.74, 6) is 2.40. The molecule has 1 heteroatoms. The molecular formula is C14H26O. The molecule has 0 spiro atoms. The van der Waals surface area contributed by atoms with Gasteiger partial charge in [0.25, 0.3) is 0 Å². The van der Waals surface area contributed by atoms with Crippen LogP contribution < -0.4 is 0 Å². The first kappa shape index (κ1) is 12.7. The topological polar surface area (TPSA) is 17.1 Å². The van der Waals surface area contributed by atoms with Crippen LogP contribution in [0.15, 0.2) is 0 Å². The summed E-state index contributed by atoms with van der Waals surface area (Å²) in [6.07, 6.45) is 4.23. The highest BCUT2D eigenvalue weighted by atomic mass is 16.1. The van der Waals surface area contributed by atoms with Crippen molar-refractivity contribution < 1.29 is 4.79 Å². The first-order valence-corrected chi connectivity index (χ1v) is 6.32. The fourth-order valence-corrected chi connectivity index (χ4v) is 2.51. The van der Waals surface area contributed by atoms with E-state index in [1.54, 1.807) is 0 Å². The van der Waals surface area contributed by atoms with E-state index in [-0.39, 0.29) is 5.41 Å². The second-order valence-electron chi connectivity index (χ2n) is 6.67. The molecule has 3 atom stereocenters. The van der Waals surface area contributed by atoms with E-state index < -0.39 is 0 Å². The summed E-state index contributed by atoms with van der Waals surface area (Å²) in [6.45, 7) is 11.1. The van der Waals surface area contributed by atoms with Crippen molar-refractivity contribution in [3.05, 3.63) is 0 Å². The maximum Gasteiger partial charge on any atom is 0.136 e. The molecule has 1 rings (SSSR count). The fraction of sp³-hybridized carbons (Fsp3) is 0.929. The van der Waals surface area contributed by atoms with Gasteiger partial charge in [0.2, 0.25) is 0 Å². The van der Waals surface area contributed by atoms with Gasteiger partial charge < -0.3 is 0 Å². The van der Waals surface area contributed by atoms with Gasteiger partial charge in [-0.2, -0.15) is 0 Å². The van der Waals surface area contributed by atoms with Crippen molar-refractivity contribution in [3.8, 4) is 0 Å². The molecule has 0 aromatic rings. The van der Waals surface area contributed by atoms with Crippen LogP contribution in [-0.4, -0.2) is 5.78 Å². The Morgan fingerprint density at radius 3 is 2.20 bits per heavy atom. The van der Waals surface area contributed by atoms with Crippen LogP contribution in [0.3, 0.4) is 0 Å². The summed E-state index contributed by atoms with van der Waals surface area (Å²) in [4.78, 5) is 12.1. The minimum Gasteiger partial charge on any atom is -0.299 e. The number of Topliss-reactive ketones (excluding diaryl/α,β-unsaturated/α-hetero) is 1. The maximum atomic E-state index is 12.1. The molecule has 88 valence electrons. The van der Waals surface area contributed by atoms with Crippen LogP contribution in [0.25, 0.3) is 0 Å². The summed E-state index contributed by atoms with van der Waals surface area (Å²) >= 11 is 0. The van der Waals surface area contributed by atoms with Gasteiger partial charge in [-0.15, -0.1) is 0 Å². The summed E-state index contributed by atoms with van der Waals surface area (Å²) in [6, 6.07) is 0. The Kier molecular flexibility index (Phi) is 3.97. The number of ketones is 1. The molecule has 0 aliphatic heterocycles. The highest BCUT2D eigenvalue weighted by molar-refractivity contribution is 5.81. The Labute approximate surface area is 94.6 Å². The van der Waals surface area contributed by atoms with E-state index >= 15 is 0 Å². The zero-order chi connectivity index (χ0) is 11.6. The minimum atomic E-state index is 0.156. The molecule has 1 fully saturated rings. The lowest BCUT2D eigenvalue weighted by atomic mass is 9.72. The summed E-state index contributed by atoms with van der Waals surface area (Å²) in [7, 11) is 0. The standard InChI is InChI=1S/C14H26O/c1-10-6-7-12(8-11(10)2)13(15)9-14(3,4)5/h10-12H,6-9H2,1-5H3. The summed E-state index contributed by atoms with van der Waals surface area (Å²) in [5, 5.41) is 0. The second-order valence-corrected chi connectivity index (χ2v) is 6.67. The van der Waals surface area contributed by atoms with E-state index in [4.69, 9.17) is 0 Å². The highest BCUT2D eigenvalue weighted by Gasteiger charge is 2.30. The van der Waals surface area contributed by atoms with Crippen LogP contribution in [0.5, 0.6) is 0 Å². The van der Waals surface area contributed by atoms with E-state index in [9.17, 15) is 4.79 Å². The van der Waals surface area contributed by atoms with Crippen LogP contribution in [0, 0.1) is 23.2 Å². The van der Waals surface area contributed by atoms with Crippen LogP contribution in [0.4, 0.5) is 0 Å². The molecule has 1 nitrogen and oxygen atoms in total. The van der Waals surface area contributed by atoms with Gasteiger partial charge in [0.1, 0.15) is 5.78 Å². The van der Waals surface area contributed by atoms with Crippen molar-refractivity contribution >= 4 is 5.78 Å². The molecule has 0 aromatic carbocycles. The molecule has 0 heterocycles. The maximum absolute atomic E-state index is 12.1. The predicted molar refractivity (Wildman–Crippen MR) is 64.7 cm³/mol. The van der Waals surface area contributed by atoms with Gasteiger partial charge in [0.15, 0.2) is 0 Å². The van der Waals surface area contributed by atoms with Gasteiger partial charge in [-0.05, 0) is 36.5 Å². The van der Waals surface area contributed by atoms with Gasteiger partial charge in [-0.1, -0.05) is 34.6 Å². The van der Waals surface area contributed by atoms with Crippen LogP contribution >= 0.6 is 0 Å². The highest BCUT2D eigenvalue weighted by Crippen LogP contribution is 2.35. The fourth-order valence-electron chi connectivity index (χ4n) is 2.51. The van der Waals surface area contributed by atoms with E-state index in [0.29, 0.717) is 11.7 Å². The largest absolute Gasteiger partial charge is 0.299 e. The lowest BCUT2D eigenvalue weighted by Gasteiger charge is -2.32. The predicted octanol–water partition coefficient (Wildman–Crippen LogP) is 4.06. The van der Waals surface area contributed by atoms with E-state index in [1.165, 1.54) is 6.42 Å². The number of carbonyl (C=O) groups excluding carboxylic acids is 1. The Morgan fingerprint density at radius 1 is 1.13 bits per heavy atom. The molecule has 1 saturated carbocycles. The average Bonchev–Trinajstić information content (AvgIpc) is 2.06. The third-order valence-electron chi connectivity index (χ3n) is 3.76. The van der Waals surface area contributed by atoms with Gasteiger partial charge in [0.05, 0.1) is 0 Å². The first-order chi connectivity index (χ1) is 6.79. The second kappa shape index (κ2) is 4.67. The number of carbonyl (C=O) groups is 1. The SMILES string of the molecule is CC1CCC(C(=O)CC(C)(C)C)CC1C. The van der Waals surface area contributed by atoms with Crippen molar-refractivity contribution in [1.29, 1.82) is 0 Å². The molecular weight excluding hydrogens is 184 g/mol. The summed E-state index contributed by atoms with van der Waals surface area (Å²) < 4.78 is 0. The van der Waals surface area contributed by atoms with E-state index in [1.807, 2.05) is 0 Å². The van der Waals surface area contributed by atoms with Crippen molar-refractivity contribution in [3.63, 3.8) is 0 Å². The van der Waals surface area contributed by atoms with Crippen molar-refractivity contribution in [1.82, 2.24) is 0 Å². The third-order valence-corrected chi connectivity index (χ3v) is 3.76. The van der Waals surface area contributed by atoms with Crippen LogP contribution in [-0.2, 0) is 4.79 Å². The average molecular weight is 210 g/mol. The first-order valence-electron chi connectivity index (χ1n) is 6.32. The Bertz CT molecular complexity index is 224. The van der Waals surface area contributed by atoms with Crippen molar-refractivity contribution in [2.45, 2.75) is 60.3 Å². The zero-order valence-electron chi connectivity index (χ0n) is 11.0. The Balaban J connectivity index is 2.48. The van der Waals surface area contributed by atoms with E-state index in [2.05, 4.69) is 34.6 Å². The van der Waals surface area contributed by atoms with Crippen molar-refractivity contribution in [2.24, 2.45) is 23.2 Å². The molecule has 3 unspecified atom stereocenters. The molecule has 15 heavy (non-hydrogen) atoms. The van der Waals surface area contributed by atoms with Crippen LogP contribution in [0.2, 0.25) is 0 Å². The minimum absolute atomic E-state index is 0.156. The summed E-state index contributed by atoms with van der Waals surface area (Å²) in [5.41, 5.74) is 0.156. The third kappa shape index (κ3) is 3.96. The molecule has 1 aliphatic rings. The zero-order valence-corrected chi connectivity index (χ0v) is 11.0. The van der Waals surface area contributed by atoms with Gasteiger partial charge in [0, 0.05) is 12.3 Å². The van der Waals surface area contributed by atoms with Gasteiger partial charge in [-0.3, -0.25) is 4.79 Å². The normalized spacial score (nSPS) is 32.7. The lowest BCUT2D eigenvalue weighted by Crippen LogP contribution is -2.28. The number of hydrogen-bond acceptors (Lipinski definition) is 1. The molecule has 0 radical (unpaired) electrons. The number of hydrogen-bond donors (Lipinski definition) is 0. The molecule has 0 saturated heterocycles. The monoisotopic (exact) mass is 210 g/mol. The van der Waals surface area contributed by atoms with Gasteiger partial charge in [-0.25, -0.2) is 0 Å². The molecule has 0 aromatic heterocycles. The number of rotatable bonds is 2. The van der Waals surface area contributed by atoms with Gasteiger partial charge >= 0.3 is 0 Å². The molecule has 1 aliphatic carbocycles. The molecule has 0 amide bonds. The van der Waals surface area contributed by atoms with Crippen LogP contribution in [0.1, 0.15) is 60.3 Å². The Morgan fingerprint density at radius 2 is 1.73 bits per heavy atom. The lowest BCUT2D eigenvalue weighted by molar-refractivity contribution is -0.126.